The Kier molecular flexibility index (Phi) is 5.07. The lowest BCUT2D eigenvalue weighted by atomic mass is 10.1. The van der Waals surface area contributed by atoms with Crippen molar-refractivity contribution in [2.24, 2.45) is 5.73 Å². The monoisotopic (exact) mass is 277 g/mol. The molecule has 0 aliphatic rings. The van der Waals surface area contributed by atoms with Crippen LogP contribution >= 0.6 is 11.8 Å². The van der Waals surface area contributed by atoms with Gasteiger partial charge >= 0.3 is 6.18 Å². The summed E-state index contributed by atoms with van der Waals surface area (Å²) in [7, 11) is 0. The quantitative estimate of drug-likeness (QED) is 0.896. The Morgan fingerprint density at radius 2 is 1.89 bits per heavy atom. The van der Waals surface area contributed by atoms with E-state index in [0.29, 0.717) is 5.75 Å². The van der Waals surface area contributed by atoms with Gasteiger partial charge in [0.25, 0.3) is 0 Å². The van der Waals surface area contributed by atoms with Crippen molar-refractivity contribution in [2.45, 2.75) is 24.8 Å². The normalized spacial score (nSPS) is 13.3. The van der Waals surface area contributed by atoms with Crippen LogP contribution in [0.1, 0.15) is 29.7 Å². The summed E-state index contributed by atoms with van der Waals surface area (Å²) in [5, 5.41) is 0.0339. The Morgan fingerprint density at radius 1 is 1.33 bits per heavy atom. The van der Waals surface area contributed by atoms with Crippen LogP contribution in [0.2, 0.25) is 0 Å². The van der Waals surface area contributed by atoms with Crippen molar-refractivity contribution in [3.63, 3.8) is 0 Å². The molecule has 18 heavy (non-hydrogen) atoms. The lowest BCUT2D eigenvalue weighted by Gasteiger charge is -2.12. The van der Waals surface area contributed by atoms with Gasteiger partial charge in [-0.1, -0.05) is 12.1 Å². The van der Waals surface area contributed by atoms with Crippen LogP contribution in [0.5, 0.6) is 0 Å². The third-order valence-corrected chi connectivity index (χ3v) is 3.64. The highest BCUT2D eigenvalue weighted by atomic mass is 32.2. The molecule has 0 spiro atoms. The molecule has 2 nitrogen and oxygen atoms in total. The number of benzene rings is 1. The van der Waals surface area contributed by atoms with Gasteiger partial charge in [-0.05, 0) is 24.6 Å². The summed E-state index contributed by atoms with van der Waals surface area (Å²) in [6.07, 6.45) is -4.03. The van der Waals surface area contributed by atoms with Gasteiger partial charge in [-0.25, -0.2) is 0 Å². The van der Waals surface area contributed by atoms with Crippen LogP contribution in [0.15, 0.2) is 24.3 Å². The number of hydrogen-bond acceptors (Lipinski definition) is 2. The number of thioether (sulfide) groups is 1. The predicted octanol–water partition coefficient (Wildman–Crippen LogP) is 3.38. The van der Waals surface area contributed by atoms with Gasteiger partial charge in [0.1, 0.15) is 0 Å². The van der Waals surface area contributed by atoms with E-state index in [-0.39, 0.29) is 17.6 Å². The van der Waals surface area contributed by atoms with Gasteiger partial charge in [0.2, 0.25) is 5.91 Å². The molecule has 0 aromatic heterocycles. The number of amides is 1. The Balaban J connectivity index is 2.59. The molecule has 1 aromatic carbocycles. The molecular weight excluding hydrogens is 263 g/mol. The van der Waals surface area contributed by atoms with E-state index in [1.807, 2.05) is 6.92 Å². The molecule has 0 fully saturated rings. The molecule has 0 aliphatic heterocycles. The minimum absolute atomic E-state index is 0.0339. The van der Waals surface area contributed by atoms with Crippen molar-refractivity contribution in [3.05, 3.63) is 35.4 Å². The Labute approximate surface area is 108 Å². The van der Waals surface area contributed by atoms with Gasteiger partial charge in [0.05, 0.1) is 5.56 Å². The fraction of sp³-hybridized carbons (Fsp3) is 0.417. The van der Waals surface area contributed by atoms with Crippen LogP contribution in [0.25, 0.3) is 0 Å². The largest absolute Gasteiger partial charge is 0.416 e. The molecule has 1 atom stereocenters. The van der Waals surface area contributed by atoms with Crippen LogP contribution in [0, 0.1) is 0 Å². The molecule has 0 heterocycles. The summed E-state index contributed by atoms with van der Waals surface area (Å²) in [5.41, 5.74) is 5.16. The maximum atomic E-state index is 12.4. The first-order valence-corrected chi connectivity index (χ1v) is 6.42. The molecule has 0 bridgehead atoms. The van der Waals surface area contributed by atoms with E-state index < -0.39 is 11.7 Å². The highest BCUT2D eigenvalue weighted by Gasteiger charge is 2.30. The van der Waals surface area contributed by atoms with Crippen molar-refractivity contribution in [3.8, 4) is 0 Å². The van der Waals surface area contributed by atoms with Gasteiger partial charge in [0, 0.05) is 17.4 Å². The van der Waals surface area contributed by atoms with E-state index in [1.165, 1.54) is 23.9 Å². The number of primary amides is 1. The second-order valence-electron chi connectivity index (χ2n) is 3.85. The lowest BCUT2D eigenvalue weighted by Crippen LogP contribution is -2.11. The van der Waals surface area contributed by atoms with E-state index >= 15 is 0 Å². The average molecular weight is 277 g/mol. The molecule has 0 unspecified atom stereocenters. The summed E-state index contributed by atoms with van der Waals surface area (Å²) in [6, 6.07) is 5.07. The minimum atomic E-state index is -4.30. The lowest BCUT2D eigenvalue weighted by molar-refractivity contribution is -0.137. The van der Waals surface area contributed by atoms with Crippen molar-refractivity contribution < 1.29 is 18.0 Å². The molecular formula is C12H14F3NOS. The third kappa shape index (κ3) is 4.60. The van der Waals surface area contributed by atoms with Crippen LogP contribution in [0.3, 0.4) is 0 Å². The Morgan fingerprint density at radius 3 is 2.33 bits per heavy atom. The number of nitrogens with two attached hydrogens (primary N) is 1. The third-order valence-electron chi connectivity index (χ3n) is 2.42. The SMILES string of the molecule is C[C@@H](SCCC(N)=O)c1ccc(C(F)(F)F)cc1. The molecule has 0 aliphatic carbocycles. The molecule has 2 N–H and O–H groups in total. The maximum absolute atomic E-state index is 12.4. The molecule has 1 aromatic rings. The van der Waals surface area contributed by atoms with E-state index in [2.05, 4.69) is 0 Å². The van der Waals surface area contributed by atoms with Gasteiger partial charge in [-0.3, -0.25) is 4.79 Å². The first-order valence-electron chi connectivity index (χ1n) is 5.38. The Bertz CT molecular complexity index is 403. The summed E-state index contributed by atoms with van der Waals surface area (Å²) in [6.45, 7) is 1.88. The number of carbonyl (C=O) groups is 1. The number of carbonyl (C=O) groups excluding carboxylic acids is 1. The predicted molar refractivity (Wildman–Crippen MR) is 66.1 cm³/mol. The second-order valence-corrected chi connectivity index (χ2v) is 5.30. The maximum Gasteiger partial charge on any atom is 0.416 e. The standard InChI is InChI=1S/C12H14F3NOS/c1-8(18-7-6-11(16)17)9-2-4-10(5-3-9)12(13,14)15/h2-5,8H,6-7H2,1H3,(H2,16,17)/t8-/m1/s1. The number of alkyl halides is 3. The smallest absolute Gasteiger partial charge is 0.370 e. The minimum Gasteiger partial charge on any atom is -0.370 e. The molecule has 1 amide bonds. The van der Waals surface area contributed by atoms with Gasteiger partial charge in [-0.2, -0.15) is 24.9 Å². The number of hydrogen-bond donors (Lipinski definition) is 1. The zero-order valence-corrected chi connectivity index (χ0v) is 10.6. The molecule has 0 radical (unpaired) electrons. The second kappa shape index (κ2) is 6.13. The van der Waals surface area contributed by atoms with Crippen LogP contribution < -0.4 is 5.73 Å². The topological polar surface area (TPSA) is 43.1 Å². The summed E-state index contributed by atoms with van der Waals surface area (Å²) in [5.74, 6) is 0.194. The number of rotatable bonds is 5. The van der Waals surface area contributed by atoms with Crippen LogP contribution in [-0.2, 0) is 11.0 Å². The summed E-state index contributed by atoms with van der Waals surface area (Å²) >= 11 is 1.49. The van der Waals surface area contributed by atoms with Crippen LogP contribution in [-0.4, -0.2) is 11.7 Å². The van der Waals surface area contributed by atoms with Gasteiger partial charge in [-0.15, -0.1) is 0 Å². The fourth-order valence-electron chi connectivity index (χ4n) is 1.38. The average Bonchev–Trinajstić information content (AvgIpc) is 2.27. The zero-order valence-electron chi connectivity index (χ0n) is 9.83. The van der Waals surface area contributed by atoms with E-state index in [9.17, 15) is 18.0 Å². The van der Waals surface area contributed by atoms with E-state index in [1.54, 1.807) is 0 Å². The van der Waals surface area contributed by atoms with Crippen molar-refractivity contribution in [2.75, 3.05) is 5.75 Å². The number of halogens is 3. The fourth-order valence-corrected chi connectivity index (χ4v) is 2.40. The van der Waals surface area contributed by atoms with Crippen molar-refractivity contribution in [1.82, 2.24) is 0 Å². The van der Waals surface area contributed by atoms with Crippen molar-refractivity contribution in [1.29, 1.82) is 0 Å². The molecule has 0 saturated carbocycles. The molecule has 6 heteroatoms. The first kappa shape index (κ1) is 14.9. The molecule has 100 valence electrons. The van der Waals surface area contributed by atoms with Crippen molar-refractivity contribution >= 4 is 17.7 Å². The highest BCUT2D eigenvalue weighted by molar-refractivity contribution is 7.99. The summed E-state index contributed by atoms with van der Waals surface area (Å²) in [4.78, 5) is 10.6. The van der Waals surface area contributed by atoms with Gasteiger partial charge < -0.3 is 5.73 Å². The van der Waals surface area contributed by atoms with E-state index in [4.69, 9.17) is 5.73 Å². The highest BCUT2D eigenvalue weighted by Crippen LogP contribution is 2.33. The summed E-state index contributed by atoms with van der Waals surface area (Å²) < 4.78 is 37.1. The van der Waals surface area contributed by atoms with Gasteiger partial charge in [0.15, 0.2) is 0 Å². The molecule has 0 saturated heterocycles. The first-order chi connectivity index (χ1) is 8.30. The zero-order chi connectivity index (χ0) is 13.8. The molecule has 1 rings (SSSR count). The Hall–Kier alpha value is -1.17. The van der Waals surface area contributed by atoms with Crippen LogP contribution in [0.4, 0.5) is 13.2 Å². The van der Waals surface area contributed by atoms with E-state index in [0.717, 1.165) is 17.7 Å².